The number of anilines is 1. The highest BCUT2D eigenvalue weighted by Gasteiger charge is 2.16. The Labute approximate surface area is 122 Å². The first kappa shape index (κ1) is 17.1. The highest BCUT2D eigenvalue weighted by atomic mass is 32.2. The average molecular weight is 315 g/mol. The van der Waals surface area contributed by atoms with Crippen LogP contribution in [0.15, 0.2) is 29.2 Å². The first-order valence-electron chi connectivity index (χ1n) is 6.05. The smallest absolute Gasteiger partial charge is 0.320 e. The van der Waals surface area contributed by atoms with Crippen LogP contribution in [-0.4, -0.2) is 40.5 Å². The van der Waals surface area contributed by atoms with Gasteiger partial charge in [-0.1, -0.05) is 6.07 Å². The number of nitrogens with one attached hydrogen (secondary N) is 2. The summed E-state index contributed by atoms with van der Waals surface area (Å²) in [7, 11) is -2.71. The molecule has 0 aliphatic rings. The van der Waals surface area contributed by atoms with Crippen LogP contribution in [0, 0.1) is 0 Å². The van der Waals surface area contributed by atoms with E-state index in [4.69, 9.17) is 5.73 Å². The SMILES string of the molecule is COC(=O)CNS(=O)(=O)c1cccc(NC(=O)CCN)c1. The lowest BCUT2D eigenvalue weighted by Gasteiger charge is -2.08. The van der Waals surface area contributed by atoms with Gasteiger partial charge in [0.25, 0.3) is 0 Å². The molecule has 0 radical (unpaired) electrons. The van der Waals surface area contributed by atoms with Crippen molar-refractivity contribution in [3.05, 3.63) is 24.3 Å². The Balaban J connectivity index is 2.83. The summed E-state index contributed by atoms with van der Waals surface area (Å²) in [6.07, 6.45) is 0.136. The Kier molecular flexibility index (Phi) is 6.28. The third-order valence-electron chi connectivity index (χ3n) is 2.43. The second-order valence-corrected chi connectivity index (χ2v) is 5.78. The molecule has 0 bridgehead atoms. The van der Waals surface area contributed by atoms with Crippen LogP contribution in [0.1, 0.15) is 6.42 Å². The largest absolute Gasteiger partial charge is 0.468 e. The van der Waals surface area contributed by atoms with Gasteiger partial charge in [0, 0.05) is 18.7 Å². The van der Waals surface area contributed by atoms with Gasteiger partial charge in [-0.05, 0) is 18.2 Å². The number of methoxy groups -OCH3 is 1. The maximum atomic E-state index is 12.0. The molecule has 0 saturated heterocycles. The lowest BCUT2D eigenvalue weighted by atomic mass is 10.3. The van der Waals surface area contributed by atoms with Crippen molar-refractivity contribution in [2.75, 3.05) is 25.5 Å². The van der Waals surface area contributed by atoms with Crippen LogP contribution < -0.4 is 15.8 Å². The fourth-order valence-electron chi connectivity index (χ4n) is 1.41. The zero-order valence-corrected chi connectivity index (χ0v) is 12.3. The first-order chi connectivity index (χ1) is 9.89. The molecule has 0 saturated carbocycles. The number of ether oxygens (including phenoxy) is 1. The number of carbonyl (C=O) groups is 2. The molecule has 0 aliphatic heterocycles. The van der Waals surface area contributed by atoms with Crippen LogP contribution in [0.25, 0.3) is 0 Å². The van der Waals surface area contributed by atoms with Gasteiger partial charge in [-0.25, -0.2) is 8.42 Å². The minimum absolute atomic E-state index is 0.0723. The molecule has 1 rings (SSSR count). The van der Waals surface area contributed by atoms with Crippen molar-refractivity contribution in [2.24, 2.45) is 5.73 Å². The summed E-state index contributed by atoms with van der Waals surface area (Å²) in [4.78, 5) is 22.3. The number of nitrogens with two attached hydrogens (primary N) is 1. The Bertz CT molecular complexity index is 615. The number of benzene rings is 1. The minimum atomic E-state index is -3.86. The van der Waals surface area contributed by atoms with Crippen molar-refractivity contribution in [1.82, 2.24) is 4.72 Å². The summed E-state index contributed by atoms with van der Waals surface area (Å²) < 4.78 is 30.4. The Morgan fingerprint density at radius 1 is 1.33 bits per heavy atom. The van der Waals surface area contributed by atoms with Crippen LogP contribution in [0.5, 0.6) is 0 Å². The quantitative estimate of drug-likeness (QED) is 0.578. The van der Waals surface area contributed by atoms with Crippen molar-refractivity contribution in [3.63, 3.8) is 0 Å². The molecular formula is C12H17N3O5S. The predicted octanol–water partition coefficient (Wildman–Crippen LogP) is -0.575. The summed E-state index contributed by atoms with van der Waals surface area (Å²) in [5.74, 6) is -1.01. The first-order valence-corrected chi connectivity index (χ1v) is 7.54. The van der Waals surface area contributed by atoms with Gasteiger partial charge in [0.1, 0.15) is 6.54 Å². The monoisotopic (exact) mass is 315 g/mol. The van der Waals surface area contributed by atoms with Gasteiger partial charge in [0.2, 0.25) is 15.9 Å². The van der Waals surface area contributed by atoms with Crippen molar-refractivity contribution in [1.29, 1.82) is 0 Å². The summed E-state index contributed by atoms with van der Waals surface area (Å²) in [5, 5.41) is 2.53. The lowest BCUT2D eigenvalue weighted by Crippen LogP contribution is -2.30. The zero-order valence-electron chi connectivity index (χ0n) is 11.5. The number of hydrogen-bond donors (Lipinski definition) is 3. The van der Waals surface area contributed by atoms with E-state index in [0.29, 0.717) is 5.69 Å². The van der Waals surface area contributed by atoms with Crippen molar-refractivity contribution < 1.29 is 22.7 Å². The van der Waals surface area contributed by atoms with Gasteiger partial charge in [0.05, 0.1) is 12.0 Å². The predicted molar refractivity (Wildman–Crippen MR) is 75.9 cm³/mol. The summed E-state index contributed by atoms with van der Waals surface area (Å²) in [6, 6.07) is 5.66. The topological polar surface area (TPSA) is 128 Å². The van der Waals surface area contributed by atoms with Crippen LogP contribution in [0.4, 0.5) is 5.69 Å². The number of rotatable bonds is 7. The molecule has 0 aliphatic carbocycles. The molecule has 1 aromatic carbocycles. The van der Waals surface area contributed by atoms with E-state index in [-0.39, 0.29) is 23.8 Å². The second kappa shape index (κ2) is 7.72. The molecule has 0 spiro atoms. The third kappa shape index (κ3) is 5.50. The van der Waals surface area contributed by atoms with Crippen molar-refractivity contribution >= 4 is 27.6 Å². The molecule has 4 N–H and O–H groups in total. The van der Waals surface area contributed by atoms with Crippen LogP contribution >= 0.6 is 0 Å². The molecule has 0 fully saturated rings. The number of hydrogen-bond acceptors (Lipinski definition) is 6. The maximum Gasteiger partial charge on any atom is 0.320 e. The zero-order chi connectivity index (χ0) is 15.9. The Morgan fingerprint density at radius 2 is 2.05 bits per heavy atom. The van der Waals surface area contributed by atoms with E-state index >= 15 is 0 Å². The van der Waals surface area contributed by atoms with E-state index in [1.165, 1.54) is 18.2 Å². The normalized spacial score (nSPS) is 11.0. The fourth-order valence-corrected chi connectivity index (χ4v) is 2.42. The van der Waals surface area contributed by atoms with Crippen LogP contribution in [0.2, 0.25) is 0 Å². The molecule has 9 heteroatoms. The van der Waals surface area contributed by atoms with Gasteiger partial charge < -0.3 is 15.8 Å². The average Bonchev–Trinajstić information content (AvgIpc) is 2.45. The van der Waals surface area contributed by atoms with Crippen LogP contribution in [0.3, 0.4) is 0 Å². The number of esters is 1. The molecule has 0 heterocycles. The number of amides is 1. The maximum absolute atomic E-state index is 12.0. The molecule has 21 heavy (non-hydrogen) atoms. The summed E-state index contributed by atoms with van der Waals surface area (Å²) in [6.45, 7) is -0.271. The highest BCUT2D eigenvalue weighted by molar-refractivity contribution is 7.89. The summed E-state index contributed by atoms with van der Waals surface area (Å²) >= 11 is 0. The standard InChI is InChI=1S/C12H17N3O5S/c1-20-12(17)8-14-21(18,19)10-4-2-3-9(7-10)15-11(16)5-6-13/h2-4,7,14H,5-6,8,13H2,1H3,(H,15,16). The van der Waals surface area contributed by atoms with Gasteiger partial charge in [0.15, 0.2) is 0 Å². The highest BCUT2D eigenvalue weighted by Crippen LogP contribution is 2.15. The van der Waals surface area contributed by atoms with Gasteiger partial charge in [-0.15, -0.1) is 0 Å². The van der Waals surface area contributed by atoms with Crippen molar-refractivity contribution in [2.45, 2.75) is 11.3 Å². The number of sulfonamides is 1. The van der Waals surface area contributed by atoms with Crippen molar-refractivity contribution in [3.8, 4) is 0 Å². The van der Waals surface area contributed by atoms with E-state index in [1.807, 2.05) is 0 Å². The lowest BCUT2D eigenvalue weighted by molar-refractivity contribution is -0.139. The molecule has 1 aromatic rings. The van der Waals surface area contributed by atoms with Gasteiger partial charge in [-0.3, -0.25) is 9.59 Å². The summed E-state index contributed by atoms with van der Waals surface area (Å²) in [5.41, 5.74) is 5.58. The van der Waals surface area contributed by atoms with E-state index in [1.54, 1.807) is 6.07 Å². The molecule has 0 atom stereocenters. The molecular weight excluding hydrogens is 298 g/mol. The molecule has 116 valence electrons. The fraction of sp³-hybridized carbons (Fsp3) is 0.333. The van der Waals surface area contributed by atoms with E-state index in [2.05, 4.69) is 14.8 Å². The Morgan fingerprint density at radius 3 is 2.67 bits per heavy atom. The second-order valence-electron chi connectivity index (χ2n) is 4.02. The molecule has 0 aromatic heterocycles. The van der Waals surface area contributed by atoms with E-state index in [0.717, 1.165) is 7.11 Å². The van der Waals surface area contributed by atoms with Gasteiger partial charge in [-0.2, -0.15) is 4.72 Å². The van der Waals surface area contributed by atoms with Crippen LogP contribution in [-0.2, 0) is 24.3 Å². The van der Waals surface area contributed by atoms with E-state index in [9.17, 15) is 18.0 Å². The Hall–Kier alpha value is -1.97. The van der Waals surface area contributed by atoms with E-state index < -0.39 is 22.5 Å². The molecule has 8 nitrogen and oxygen atoms in total. The number of carbonyl (C=O) groups excluding carboxylic acids is 2. The third-order valence-corrected chi connectivity index (χ3v) is 3.83. The molecule has 1 amide bonds. The van der Waals surface area contributed by atoms with Gasteiger partial charge >= 0.3 is 5.97 Å². The minimum Gasteiger partial charge on any atom is -0.468 e. The molecule has 0 unspecified atom stereocenters.